The highest BCUT2D eigenvalue weighted by Crippen LogP contribution is 2.45. The minimum Gasteiger partial charge on any atom is -0.462 e. The summed E-state index contributed by atoms with van der Waals surface area (Å²) in [6.45, 7) is 12.0. The Morgan fingerprint density at radius 2 is 0.490 bits per heavy atom. The molecule has 0 bridgehead atoms. The number of unbranched alkanes of at least 4 members (excludes halogenated alkanes) is 50. The maximum atomic E-state index is 13.1. The number of carbonyl (C=O) groups excluding carboxylic acids is 4. The van der Waals surface area contributed by atoms with Gasteiger partial charge >= 0.3 is 39.5 Å². The van der Waals surface area contributed by atoms with Gasteiger partial charge < -0.3 is 33.8 Å². The van der Waals surface area contributed by atoms with Crippen molar-refractivity contribution in [2.75, 3.05) is 39.6 Å². The number of aliphatic hydroxyl groups is 1. The molecule has 0 amide bonds. The van der Waals surface area contributed by atoms with Crippen molar-refractivity contribution in [1.29, 1.82) is 0 Å². The summed E-state index contributed by atoms with van der Waals surface area (Å²) in [4.78, 5) is 73.1. The van der Waals surface area contributed by atoms with Gasteiger partial charge in [0.05, 0.1) is 26.4 Å². The molecule has 3 unspecified atom stereocenters. The number of esters is 4. The monoisotopic (exact) mass is 1520 g/mol. The molecule has 0 spiro atoms. The van der Waals surface area contributed by atoms with Gasteiger partial charge in [-0.25, -0.2) is 9.13 Å². The summed E-state index contributed by atoms with van der Waals surface area (Å²) >= 11 is 0. The molecule has 17 nitrogen and oxygen atoms in total. The van der Waals surface area contributed by atoms with Crippen molar-refractivity contribution in [3.8, 4) is 0 Å². The highest BCUT2D eigenvalue weighted by Gasteiger charge is 2.30. The molecule has 0 radical (unpaired) electrons. The quantitative estimate of drug-likeness (QED) is 0.0222. The molecule has 0 aromatic rings. The Morgan fingerprint density at radius 3 is 0.731 bits per heavy atom. The predicted octanol–water partition coefficient (Wildman–Crippen LogP) is 25.7. The molecule has 3 N–H and O–H groups in total. The second-order valence-corrected chi connectivity index (χ2v) is 34.7. The van der Waals surface area contributed by atoms with E-state index < -0.39 is 97.5 Å². The number of hydrogen-bond donors (Lipinski definition) is 3. The van der Waals surface area contributed by atoms with Gasteiger partial charge in [-0.2, -0.15) is 0 Å². The normalized spacial score (nSPS) is 14.2. The smallest absolute Gasteiger partial charge is 0.462 e. The molecule has 0 aliphatic carbocycles. The van der Waals surface area contributed by atoms with Crippen molar-refractivity contribution in [3.63, 3.8) is 0 Å². The molecule has 0 aromatic heterocycles. The first-order valence-corrected chi connectivity index (χ1v) is 46.9. The maximum Gasteiger partial charge on any atom is 0.472 e. The fourth-order valence-electron chi connectivity index (χ4n) is 13.2. The molecule has 0 aromatic carbocycles. The topological polar surface area (TPSA) is 237 Å². The average Bonchev–Trinajstić information content (AvgIpc) is 0.907. The van der Waals surface area contributed by atoms with Crippen LogP contribution in [0.25, 0.3) is 0 Å². The van der Waals surface area contributed by atoms with Crippen LogP contribution in [0.5, 0.6) is 0 Å². The van der Waals surface area contributed by atoms with Gasteiger partial charge in [0.15, 0.2) is 12.2 Å². The third-order valence-electron chi connectivity index (χ3n) is 20.2. The van der Waals surface area contributed by atoms with Crippen molar-refractivity contribution in [2.24, 2.45) is 17.8 Å². The standard InChI is InChI=1S/C85H166O17P2/c1-8-10-11-12-13-35-45-52-59-66-82(87)95-72-80(102-85(90)69-62-55-48-41-34-37-43-50-57-64-77(5)6)74-99-103(91,92)97-70-79(86)71-98-104(93,94)100-75-81(73-96-83(88)67-60-53-46-39-32-28-24-20-16-14-18-22-26-30-36-42-49-56-63-76(3)4)101-84(89)68-61-54-47-40-33-29-25-21-17-15-19-23-27-31-38-44-51-58-65-78(7)9-2/h76-81,86H,8-75H2,1-7H3,(H,91,92)(H,93,94)/t78?,79-,80+,81+/m0/s1. The average molecular weight is 1520 g/mol. The van der Waals surface area contributed by atoms with E-state index in [1.54, 1.807) is 0 Å². The van der Waals surface area contributed by atoms with Crippen molar-refractivity contribution in [2.45, 2.75) is 465 Å². The summed E-state index contributed by atoms with van der Waals surface area (Å²) in [7, 11) is -9.92. The molecule has 0 fully saturated rings. The number of hydrogen-bond acceptors (Lipinski definition) is 15. The van der Waals surface area contributed by atoms with Crippen LogP contribution in [-0.4, -0.2) is 96.7 Å². The van der Waals surface area contributed by atoms with E-state index in [0.29, 0.717) is 25.7 Å². The van der Waals surface area contributed by atoms with Crippen LogP contribution >= 0.6 is 15.6 Å². The predicted molar refractivity (Wildman–Crippen MR) is 428 cm³/mol. The van der Waals surface area contributed by atoms with Gasteiger partial charge in [0.2, 0.25) is 0 Å². The number of carbonyl (C=O) groups is 4. The zero-order chi connectivity index (χ0) is 76.5. The lowest BCUT2D eigenvalue weighted by atomic mass is 9.99. The van der Waals surface area contributed by atoms with E-state index in [1.165, 1.54) is 257 Å². The van der Waals surface area contributed by atoms with Crippen LogP contribution in [0.3, 0.4) is 0 Å². The van der Waals surface area contributed by atoms with Crippen molar-refractivity contribution in [3.05, 3.63) is 0 Å². The molecule has 0 aliphatic rings. The van der Waals surface area contributed by atoms with Crippen LogP contribution in [0.1, 0.15) is 447 Å². The molecule has 0 rings (SSSR count). The summed E-state index contributed by atoms with van der Waals surface area (Å²) in [5.41, 5.74) is 0. The highest BCUT2D eigenvalue weighted by molar-refractivity contribution is 7.47. The lowest BCUT2D eigenvalue weighted by Gasteiger charge is -2.21. The van der Waals surface area contributed by atoms with E-state index in [9.17, 15) is 43.2 Å². The summed E-state index contributed by atoms with van der Waals surface area (Å²) < 4.78 is 68.7. The molecule has 0 aliphatic heterocycles. The Labute approximate surface area is 638 Å². The molecule has 6 atom stereocenters. The Hall–Kier alpha value is -1.94. The van der Waals surface area contributed by atoms with Gasteiger partial charge in [0, 0.05) is 25.7 Å². The third kappa shape index (κ3) is 76.8. The van der Waals surface area contributed by atoms with Gasteiger partial charge in [0.25, 0.3) is 0 Å². The second kappa shape index (κ2) is 75.1. The van der Waals surface area contributed by atoms with Crippen LogP contribution in [0.4, 0.5) is 0 Å². The van der Waals surface area contributed by atoms with E-state index in [-0.39, 0.29) is 25.7 Å². The molecule has 0 heterocycles. The minimum absolute atomic E-state index is 0.105. The Bertz CT molecular complexity index is 2010. The Balaban J connectivity index is 5.18. The lowest BCUT2D eigenvalue weighted by Crippen LogP contribution is -2.30. The van der Waals surface area contributed by atoms with Crippen LogP contribution in [0, 0.1) is 17.8 Å². The summed E-state index contributed by atoms with van der Waals surface area (Å²) in [5.74, 6) is 0.322. The first kappa shape index (κ1) is 102. The highest BCUT2D eigenvalue weighted by atomic mass is 31.2. The van der Waals surface area contributed by atoms with E-state index in [0.717, 1.165) is 108 Å². The molecule has 618 valence electrons. The third-order valence-corrected chi connectivity index (χ3v) is 22.1. The van der Waals surface area contributed by atoms with Gasteiger partial charge in [-0.05, 0) is 43.4 Å². The number of phosphoric ester groups is 2. The van der Waals surface area contributed by atoms with E-state index in [1.807, 2.05) is 0 Å². The van der Waals surface area contributed by atoms with Crippen molar-refractivity contribution >= 4 is 39.5 Å². The molecular weight excluding hydrogens is 1350 g/mol. The maximum absolute atomic E-state index is 13.1. The van der Waals surface area contributed by atoms with Crippen LogP contribution in [-0.2, 0) is 65.4 Å². The number of aliphatic hydroxyl groups excluding tert-OH is 1. The fraction of sp³-hybridized carbons (Fsp3) is 0.953. The Kier molecular flexibility index (Phi) is 73.7. The minimum atomic E-state index is -4.97. The van der Waals surface area contributed by atoms with E-state index in [2.05, 4.69) is 48.5 Å². The van der Waals surface area contributed by atoms with Crippen molar-refractivity contribution in [1.82, 2.24) is 0 Å². The SMILES string of the molecule is CCCCCCCCCCCC(=O)OC[C@H](COP(=O)(O)OC[C@H](O)COP(=O)(O)OC[C@@H](COC(=O)CCCCCCCCCCCCCCCCCCCCC(C)C)OC(=O)CCCCCCCCCCCCCCCCCCCCC(C)CC)OC(=O)CCCCCCCCCCCC(C)C. The molecule has 104 heavy (non-hydrogen) atoms. The number of ether oxygens (including phenoxy) is 4. The van der Waals surface area contributed by atoms with Crippen LogP contribution in [0.2, 0.25) is 0 Å². The van der Waals surface area contributed by atoms with Crippen LogP contribution in [0.15, 0.2) is 0 Å². The fourth-order valence-corrected chi connectivity index (χ4v) is 14.7. The van der Waals surface area contributed by atoms with Crippen molar-refractivity contribution < 1.29 is 80.2 Å². The molecule has 0 saturated carbocycles. The van der Waals surface area contributed by atoms with E-state index in [4.69, 9.17) is 37.0 Å². The van der Waals surface area contributed by atoms with Gasteiger partial charge in [0.1, 0.15) is 19.3 Å². The lowest BCUT2D eigenvalue weighted by molar-refractivity contribution is -0.161. The van der Waals surface area contributed by atoms with Gasteiger partial charge in [-0.15, -0.1) is 0 Å². The van der Waals surface area contributed by atoms with E-state index >= 15 is 0 Å². The zero-order valence-electron chi connectivity index (χ0n) is 68.5. The van der Waals surface area contributed by atoms with Gasteiger partial charge in [-0.1, -0.05) is 395 Å². The first-order valence-electron chi connectivity index (χ1n) is 43.9. The molecular formula is C85H166O17P2. The number of rotatable bonds is 83. The molecule has 19 heteroatoms. The zero-order valence-corrected chi connectivity index (χ0v) is 70.3. The van der Waals surface area contributed by atoms with Crippen LogP contribution < -0.4 is 0 Å². The molecule has 0 saturated heterocycles. The largest absolute Gasteiger partial charge is 0.472 e. The number of phosphoric acid groups is 2. The summed E-state index contributed by atoms with van der Waals surface area (Å²) in [6, 6.07) is 0. The summed E-state index contributed by atoms with van der Waals surface area (Å²) in [6.07, 6.45) is 65.4. The van der Waals surface area contributed by atoms with Gasteiger partial charge in [-0.3, -0.25) is 37.3 Å². The second-order valence-electron chi connectivity index (χ2n) is 31.8. The Morgan fingerprint density at radius 1 is 0.279 bits per heavy atom. The first-order chi connectivity index (χ1) is 50.3. The summed E-state index contributed by atoms with van der Waals surface area (Å²) in [5, 5.41) is 10.6.